The molecule has 3 aromatic rings. The molecule has 3 amide bonds. The van der Waals surface area contributed by atoms with Gasteiger partial charge in [-0.05, 0) is 54.6 Å². The van der Waals surface area contributed by atoms with Crippen molar-refractivity contribution >= 4 is 34.9 Å². The summed E-state index contributed by atoms with van der Waals surface area (Å²) >= 11 is 5.86. The predicted molar refractivity (Wildman–Crippen MR) is 122 cm³/mol. The molecule has 2 atom stereocenters. The summed E-state index contributed by atoms with van der Waals surface area (Å²) in [4.78, 5) is 38.8. The summed E-state index contributed by atoms with van der Waals surface area (Å²) in [5, 5.41) is 16.1. The van der Waals surface area contributed by atoms with Crippen LogP contribution in [0.3, 0.4) is 0 Å². The number of hydrogen-bond acceptors (Lipinski definition) is 4. The van der Waals surface area contributed by atoms with Crippen molar-refractivity contribution < 1.29 is 14.7 Å². The summed E-state index contributed by atoms with van der Waals surface area (Å²) < 4.78 is 1.49. The molecule has 3 N–H and O–H groups in total. The normalized spacial score (nSPS) is 17.8. The number of β-amino-alcohol motifs (C(OH)–C–C–N with tert-alkyl or cyclic N) is 1. The van der Waals surface area contributed by atoms with E-state index in [4.69, 9.17) is 11.6 Å². The SMILES string of the molecule is O=C(Nc1ccc(-n2ccccc2=O)cc1)[C@H]1C[C@@H](O)CN1C(=O)Nc1ccc(Cl)cc1. The second-order valence-corrected chi connectivity index (χ2v) is 7.88. The second-order valence-electron chi connectivity index (χ2n) is 7.44. The molecule has 0 saturated carbocycles. The van der Waals surface area contributed by atoms with Gasteiger partial charge in [-0.25, -0.2) is 4.79 Å². The molecule has 1 saturated heterocycles. The average Bonchev–Trinajstić information content (AvgIpc) is 3.18. The molecule has 2 heterocycles. The van der Waals surface area contributed by atoms with Gasteiger partial charge in [0.05, 0.1) is 6.10 Å². The number of nitrogens with one attached hydrogen (secondary N) is 2. The predicted octanol–water partition coefficient (Wildman–Crippen LogP) is 3.10. The Hall–Kier alpha value is -3.62. The summed E-state index contributed by atoms with van der Waals surface area (Å²) in [6, 6.07) is 17.0. The molecule has 0 radical (unpaired) electrons. The van der Waals surface area contributed by atoms with Crippen LogP contribution in [-0.4, -0.2) is 45.2 Å². The number of rotatable bonds is 4. The van der Waals surface area contributed by atoms with E-state index in [2.05, 4.69) is 10.6 Å². The summed E-state index contributed by atoms with van der Waals surface area (Å²) in [5.41, 5.74) is 1.55. The number of nitrogens with zero attached hydrogens (tertiary/aromatic N) is 2. The monoisotopic (exact) mass is 452 g/mol. The number of benzene rings is 2. The highest BCUT2D eigenvalue weighted by Gasteiger charge is 2.39. The van der Waals surface area contributed by atoms with E-state index < -0.39 is 24.1 Å². The van der Waals surface area contributed by atoms with E-state index in [9.17, 15) is 19.5 Å². The highest BCUT2D eigenvalue weighted by molar-refractivity contribution is 6.30. The van der Waals surface area contributed by atoms with E-state index in [1.807, 2.05) is 0 Å². The van der Waals surface area contributed by atoms with Crippen molar-refractivity contribution in [3.63, 3.8) is 0 Å². The first kappa shape index (κ1) is 21.6. The van der Waals surface area contributed by atoms with Crippen LogP contribution in [0.1, 0.15) is 6.42 Å². The van der Waals surface area contributed by atoms with Crippen molar-refractivity contribution in [2.75, 3.05) is 17.2 Å². The van der Waals surface area contributed by atoms with Gasteiger partial charge >= 0.3 is 6.03 Å². The molecular weight excluding hydrogens is 432 g/mol. The minimum Gasteiger partial charge on any atom is -0.391 e. The molecule has 1 aliphatic heterocycles. The van der Waals surface area contributed by atoms with Crippen LogP contribution in [-0.2, 0) is 4.79 Å². The average molecular weight is 453 g/mol. The van der Waals surface area contributed by atoms with Crippen LogP contribution in [0, 0.1) is 0 Å². The van der Waals surface area contributed by atoms with Crippen molar-refractivity contribution in [2.45, 2.75) is 18.6 Å². The zero-order chi connectivity index (χ0) is 22.7. The summed E-state index contributed by atoms with van der Waals surface area (Å²) in [6.07, 6.45) is 0.999. The van der Waals surface area contributed by atoms with Crippen LogP contribution < -0.4 is 16.2 Å². The van der Waals surface area contributed by atoms with E-state index in [0.29, 0.717) is 22.1 Å². The number of likely N-dealkylation sites (tertiary alicyclic amines) is 1. The van der Waals surface area contributed by atoms with E-state index in [0.717, 1.165) is 0 Å². The number of urea groups is 1. The summed E-state index contributed by atoms with van der Waals surface area (Å²) in [7, 11) is 0. The van der Waals surface area contributed by atoms with Crippen molar-refractivity contribution in [1.29, 1.82) is 0 Å². The van der Waals surface area contributed by atoms with Gasteiger partial charge in [0.2, 0.25) is 5.91 Å². The molecule has 0 unspecified atom stereocenters. The summed E-state index contributed by atoms with van der Waals surface area (Å²) in [6.45, 7) is 0.0490. The Balaban J connectivity index is 1.44. The standard InChI is InChI=1S/C23H21ClN4O4/c24-15-4-6-17(7-5-15)26-23(32)28-14-19(29)13-20(28)22(31)25-16-8-10-18(11-9-16)27-12-2-1-3-21(27)30/h1-12,19-20,29H,13-14H2,(H,25,31)(H,26,32)/t19-,20-/m1/s1. The van der Waals surface area contributed by atoms with Crippen LogP contribution >= 0.6 is 11.6 Å². The highest BCUT2D eigenvalue weighted by Crippen LogP contribution is 2.22. The minimum atomic E-state index is -0.825. The number of pyridine rings is 1. The molecule has 0 aliphatic carbocycles. The molecule has 1 aromatic heterocycles. The molecule has 8 nitrogen and oxygen atoms in total. The molecule has 1 fully saturated rings. The molecule has 4 rings (SSSR count). The Bertz CT molecular complexity index is 1180. The number of carbonyl (C=O) groups excluding carboxylic acids is 2. The number of aromatic nitrogens is 1. The van der Waals surface area contributed by atoms with Crippen LogP contribution in [0.2, 0.25) is 5.02 Å². The van der Waals surface area contributed by atoms with Crippen LogP contribution in [0.15, 0.2) is 77.7 Å². The second kappa shape index (κ2) is 9.25. The van der Waals surface area contributed by atoms with Crippen molar-refractivity contribution in [3.8, 4) is 5.69 Å². The van der Waals surface area contributed by atoms with Gasteiger partial charge in [0, 0.05) is 47.3 Å². The number of halogens is 1. The number of carbonyl (C=O) groups is 2. The maximum absolute atomic E-state index is 12.9. The minimum absolute atomic E-state index is 0.0490. The lowest BCUT2D eigenvalue weighted by molar-refractivity contribution is -0.119. The molecule has 32 heavy (non-hydrogen) atoms. The maximum atomic E-state index is 12.9. The van der Waals surface area contributed by atoms with Gasteiger partial charge in [-0.1, -0.05) is 17.7 Å². The van der Waals surface area contributed by atoms with E-state index >= 15 is 0 Å². The Morgan fingerprint density at radius 1 is 0.938 bits per heavy atom. The number of anilines is 2. The molecule has 164 valence electrons. The van der Waals surface area contributed by atoms with Crippen LogP contribution in [0.25, 0.3) is 5.69 Å². The fourth-order valence-corrected chi connectivity index (χ4v) is 3.71. The fourth-order valence-electron chi connectivity index (χ4n) is 3.59. The number of amides is 3. The number of aliphatic hydroxyl groups excluding tert-OH is 1. The van der Waals surface area contributed by atoms with Gasteiger partial charge in [0.15, 0.2) is 0 Å². The topological polar surface area (TPSA) is 104 Å². The zero-order valence-corrected chi connectivity index (χ0v) is 17.7. The summed E-state index contributed by atoms with van der Waals surface area (Å²) in [5.74, 6) is -0.405. The smallest absolute Gasteiger partial charge is 0.322 e. The lowest BCUT2D eigenvalue weighted by atomic mass is 10.1. The third-order valence-corrected chi connectivity index (χ3v) is 5.43. The fraction of sp³-hybridized carbons (Fsp3) is 0.174. The van der Waals surface area contributed by atoms with Crippen LogP contribution in [0.4, 0.5) is 16.2 Å². The van der Waals surface area contributed by atoms with Crippen LogP contribution in [0.5, 0.6) is 0 Å². The lowest BCUT2D eigenvalue weighted by Gasteiger charge is -2.24. The molecular formula is C23H21ClN4O4. The molecule has 2 aromatic carbocycles. The Labute approximate surface area is 189 Å². The molecule has 9 heteroatoms. The molecule has 0 spiro atoms. The number of hydrogen-bond donors (Lipinski definition) is 3. The third-order valence-electron chi connectivity index (χ3n) is 5.17. The zero-order valence-electron chi connectivity index (χ0n) is 16.9. The van der Waals surface area contributed by atoms with Gasteiger partial charge in [0.25, 0.3) is 5.56 Å². The first-order valence-electron chi connectivity index (χ1n) is 10.0. The molecule has 1 aliphatic rings. The van der Waals surface area contributed by atoms with Crippen molar-refractivity contribution in [2.24, 2.45) is 0 Å². The van der Waals surface area contributed by atoms with Gasteiger partial charge in [-0.15, -0.1) is 0 Å². The first-order valence-corrected chi connectivity index (χ1v) is 10.4. The third kappa shape index (κ3) is 4.82. The Kier molecular flexibility index (Phi) is 6.25. The first-order chi connectivity index (χ1) is 15.4. The largest absolute Gasteiger partial charge is 0.391 e. The van der Waals surface area contributed by atoms with Crippen molar-refractivity contribution in [3.05, 3.63) is 88.3 Å². The van der Waals surface area contributed by atoms with Gasteiger partial charge in [-0.3, -0.25) is 14.2 Å². The van der Waals surface area contributed by atoms with E-state index in [1.54, 1.807) is 66.9 Å². The highest BCUT2D eigenvalue weighted by atomic mass is 35.5. The van der Waals surface area contributed by atoms with Gasteiger partial charge in [0.1, 0.15) is 6.04 Å². The quantitative estimate of drug-likeness (QED) is 0.565. The van der Waals surface area contributed by atoms with E-state index in [1.165, 1.54) is 15.5 Å². The van der Waals surface area contributed by atoms with Gasteiger partial charge in [-0.2, -0.15) is 0 Å². The maximum Gasteiger partial charge on any atom is 0.322 e. The number of aliphatic hydroxyl groups is 1. The lowest BCUT2D eigenvalue weighted by Crippen LogP contribution is -2.45. The molecule has 0 bridgehead atoms. The Morgan fingerprint density at radius 2 is 1.59 bits per heavy atom. The van der Waals surface area contributed by atoms with E-state index in [-0.39, 0.29) is 18.5 Å². The Morgan fingerprint density at radius 3 is 2.28 bits per heavy atom. The van der Waals surface area contributed by atoms with Gasteiger partial charge < -0.3 is 20.6 Å². The van der Waals surface area contributed by atoms with Crippen molar-refractivity contribution in [1.82, 2.24) is 9.47 Å².